The second-order valence-corrected chi connectivity index (χ2v) is 5.93. The van der Waals surface area contributed by atoms with Crippen LogP contribution in [0, 0.1) is 16.0 Å². The molecule has 0 radical (unpaired) electrons. The first kappa shape index (κ1) is 17.1. The van der Waals surface area contributed by atoms with Crippen molar-refractivity contribution in [1.82, 2.24) is 0 Å². The molecule has 0 heterocycles. The van der Waals surface area contributed by atoms with Crippen LogP contribution in [0.3, 0.4) is 0 Å². The Morgan fingerprint density at radius 1 is 1.43 bits per heavy atom. The third kappa shape index (κ3) is 4.82. The Morgan fingerprint density at radius 2 is 2.10 bits per heavy atom. The smallest absolute Gasteiger partial charge is 0.309 e. The van der Waals surface area contributed by atoms with Crippen molar-refractivity contribution in [2.75, 3.05) is 20.0 Å². The van der Waals surface area contributed by atoms with Gasteiger partial charge in [0, 0.05) is 34.2 Å². The summed E-state index contributed by atoms with van der Waals surface area (Å²) in [6.07, 6.45) is 0. The fraction of sp³-hybridized carbons (Fsp3) is 0.462. The number of nitro benzene ring substituents is 1. The highest BCUT2D eigenvalue weighted by molar-refractivity contribution is 7.84. The van der Waals surface area contributed by atoms with Gasteiger partial charge in [-0.1, -0.05) is 6.92 Å². The first-order valence-electron chi connectivity index (χ1n) is 6.13. The van der Waals surface area contributed by atoms with Gasteiger partial charge in [0.2, 0.25) is 0 Å². The number of carbonyl (C=O) groups is 1. The van der Waals surface area contributed by atoms with E-state index in [2.05, 4.69) is 4.74 Å². The zero-order valence-electron chi connectivity index (χ0n) is 12.0. The fourth-order valence-corrected chi connectivity index (χ4v) is 3.16. The van der Waals surface area contributed by atoms with Gasteiger partial charge in [-0.25, -0.2) is 0 Å². The van der Waals surface area contributed by atoms with E-state index in [-0.39, 0.29) is 17.2 Å². The molecule has 0 aliphatic rings. The molecular formula is C13H17NO6S. The number of esters is 1. The van der Waals surface area contributed by atoms with Crippen LogP contribution in [0.25, 0.3) is 0 Å². The highest BCUT2D eigenvalue weighted by Gasteiger charge is 2.19. The molecule has 1 aromatic rings. The Labute approximate surface area is 124 Å². The molecule has 0 spiro atoms. The molecule has 7 nitrogen and oxygen atoms in total. The highest BCUT2D eigenvalue weighted by Crippen LogP contribution is 2.25. The van der Waals surface area contributed by atoms with Crippen LogP contribution in [0.4, 0.5) is 5.69 Å². The standard InChI is InChI=1S/C13H17NO6S/c1-9(13(15)20-3)7-21(18)8-10-6-11(14(16)17)4-5-12(10)19-2/h4-6,9H,7-8H2,1-3H3. The second-order valence-electron chi connectivity index (χ2n) is 4.43. The van der Waals surface area contributed by atoms with Gasteiger partial charge < -0.3 is 9.47 Å². The highest BCUT2D eigenvalue weighted by atomic mass is 32.2. The first-order chi connectivity index (χ1) is 9.88. The van der Waals surface area contributed by atoms with Crippen LogP contribution in [0.2, 0.25) is 0 Å². The summed E-state index contributed by atoms with van der Waals surface area (Å²) in [7, 11) is 1.34. The van der Waals surface area contributed by atoms with Gasteiger partial charge in [0.15, 0.2) is 0 Å². The molecule has 0 saturated carbocycles. The molecule has 21 heavy (non-hydrogen) atoms. The van der Waals surface area contributed by atoms with Crippen LogP contribution in [0.1, 0.15) is 12.5 Å². The average molecular weight is 315 g/mol. The molecule has 116 valence electrons. The van der Waals surface area contributed by atoms with Gasteiger partial charge in [0.05, 0.1) is 30.8 Å². The maximum Gasteiger partial charge on any atom is 0.309 e. The SMILES string of the molecule is COC(=O)C(C)CS(=O)Cc1cc([N+](=O)[O-])ccc1OC. The van der Waals surface area contributed by atoms with Gasteiger partial charge in [-0.2, -0.15) is 0 Å². The van der Waals surface area contributed by atoms with Gasteiger partial charge in [-0.15, -0.1) is 0 Å². The number of hydrogen-bond acceptors (Lipinski definition) is 6. The number of ether oxygens (including phenoxy) is 2. The van der Waals surface area contributed by atoms with E-state index in [0.717, 1.165) is 0 Å². The van der Waals surface area contributed by atoms with Crippen molar-refractivity contribution in [2.24, 2.45) is 5.92 Å². The molecule has 0 fully saturated rings. The zero-order valence-corrected chi connectivity index (χ0v) is 12.8. The third-order valence-electron chi connectivity index (χ3n) is 2.83. The Morgan fingerprint density at radius 3 is 2.62 bits per heavy atom. The Balaban J connectivity index is 2.85. The van der Waals surface area contributed by atoms with Gasteiger partial charge in [-0.05, 0) is 6.07 Å². The lowest BCUT2D eigenvalue weighted by molar-refractivity contribution is -0.384. The topological polar surface area (TPSA) is 95.7 Å². The van der Waals surface area contributed by atoms with E-state index < -0.39 is 27.6 Å². The lowest BCUT2D eigenvalue weighted by atomic mass is 10.2. The van der Waals surface area contributed by atoms with E-state index in [0.29, 0.717) is 11.3 Å². The van der Waals surface area contributed by atoms with Crippen molar-refractivity contribution in [2.45, 2.75) is 12.7 Å². The summed E-state index contributed by atoms with van der Waals surface area (Å²) in [6, 6.07) is 4.12. The summed E-state index contributed by atoms with van der Waals surface area (Å²) in [4.78, 5) is 21.5. The lowest BCUT2D eigenvalue weighted by Crippen LogP contribution is -2.20. The Bertz CT molecular complexity index is 560. The maximum absolute atomic E-state index is 12.1. The van der Waals surface area contributed by atoms with Crippen LogP contribution in [-0.4, -0.2) is 35.1 Å². The van der Waals surface area contributed by atoms with Crippen LogP contribution in [-0.2, 0) is 26.1 Å². The number of carbonyl (C=O) groups excluding carboxylic acids is 1. The Hall–Kier alpha value is -1.96. The quantitative estimate of drug-likeness (QED) is 0.431. The van der Waals surface area contributed by atoms with E-state index in [1.807, 2.05) is 0 Å². The van der Waals surface area contributed by atoms with Crippen molar-refractivity contribution in [3.05, 3.63) is 33.9 Å². The first-order valence-corrected chi connectivity index (χ1v) is 7.62. The molecule has 2 unspecified atom stereocenters. The third-order valence-corrected chi connectivity index (χ3v) is 4.34. The van der Waals surface area contributed by atoms with Crippen molar-refractivity contribution >= 4 is 22.5 Å². The summed E-state index contributed by atoms with van der Waals surface area (Å²) >= 11 is 0. The predicted octanol–water partition coefficient (Wildman–Crippen LogP) is 1.66. The zero-order chi connectivity index (χ0) is 16.0. The van der Waals surface area contributed by atoms with Crippen LogP contribution >= 0.6 is 0 Å². The van der Waals surface area contributed by atoms with Crippen molar-refractivity contribution in [3.63, 3.8) is 0 Å². The number of rotatable bonds is 7. The molecule has 2 atom stereocenters. The van der Waals surface area contributed by atoms with E-state index in [9.17, 15) is 19.1 Å². The average Bonchev–Trinajstić information content (AvgIpc) is 2.45. The molecule has 1 rings (SSSR count). The van der Waals surface area contributed by atoms with Gasteiger partial charge >= 0.3 is 5.97 Å². The predicted molar refractivity (Wildman–Crippen MR) is 77.5 cm³/mol. The van der Waals surface area contributed by atoms with Gasteiger partial charge in [-0.3, -0.25) is 19.1 Å². The maximum atomic E-state index is 12.1. The van der Waals surface area contributed by atoms with Crippen LogP contribution in [0.15, 0.2) is 18.2 Å². The van der Waals surface area contributed by atoms with Gasteiger partial charge in [0.25, 0.3) is 5.69 Å². The summed E-state index contributed by atoms with van der Waals surface area (Å²) in [5, 5.41) is 10.8. The van der Waals surface area contributed by atoms with Crippen LogP contribution < -0.4 is 4.74 Å². The van der Waals surface area contributed by atoms with E-state index in [1.54, 1.807) is 6.92 Å². The van der Waals surface area contributed by atoms with Crippen molar-refractivity contribution in [3.8, 4) is 5.75 Å². The molecule has 0 bridgehead atoms. The monoisotopic (exact) mass is 315 g/mol. The minimum absolute atomic E-state index is 0.0756. The molecule has 0 aliphatic heterocycles. The summed E-state index contributed by atoms with van der Waals surface area (Å²) in [5.74, 6) is -0.306. The summed E-state index contributed by atoms with van der Waals surface area (Å²) in [5.41, 5.74) is 0.380. The fourth-order valence-electron chi connectivity index (χ4n) is 1.77. The Kier molecular flexibility index (Phi) is 6.29. The molecule has 0 saturated heterocycles. The van der Waals surface area contributed by atoms with E-state index >= 15 is 0 Å². The number of nitro groups is 1. The number of methoxy groups -OCH3 is 2. The van der Waals surface area contributed by atoms with Crippen molar-refractivity contribution < 1.29 is 23.4 Å². The number of benzene rings is 1. The van der Waals surface area contributed by atoms with Crippen molar-refractivity contribution in [1.29, 1.82) is 0 Å². The largest absolute Gasteiger partial charge is 0.496 e. The molecule has 8 heteroatoms. The number of nitrogens with zero attached hydrogens (tertiary/aromatic N) is 1. The summed E-state index contributed by atoms with van der Waals surface area (Å²) in [6.45, 7) is 1.62. The van der Waals surface area contributed by atoms with E-state index in [4.69, 9.17) is 4.74 Å². The number of hydrogen-bond donors (Lipinski definition) is 0. The molecule has 0 amide bonds. The van der Waals surface area contributed by atoms with Crippen LogP contribution in [0.5, 0.6) is 5.75 Å². The summed E-state index contributed by atoms with van der Waals surface area (Å²) < 4.78 is 21.7. The molecule has 1 aromatic carbocycles. The normalized spacial score (nSPS) is 13.3. The minimum Gasteiger partial charge on any atom is -0.496 e. The molecule has 0 aliphatic carbocycles. The van der Waals surface area contributed by atoms with E-state index in [1.165, 1.54) is 32.4 Å². The lowest BCUT2D eigenvalue weighted by Gasteiger charge is -2.11. The molecule has 0 N–H and O–H groups in total. The second kappa shape index (κ2) is 7.72. The minimum atomic E-state index is -1.36. The molecular weight excluding hydrogens is 298 g/mol. The van der Waals surface area contributed by atoms with Gasteiger partial charge in [0.1, 0.15) is 5.75 Å². The molecule has 0 aromatic heterocycles. The number of non-ortho nitro benzene ring substituents is 1.